The van der Waals surface area contributed by atoms with E-state index in [1.54, 1.807) is 6.33 Å². The number of furan rings is 1. The Morgan fingerprint density at radius 2 is 1.08 bits per heavy atom. The number of nitrogens with zero attached hydrogens (tertiary/aromatic N) is 2. The fourth-order valence-electron chi connectivity index (χ4n) is 8.89. The van der Waals surface area contributed by atoms with Crippen molar-refractivity contribution in [3.05, 3.63) is 180 Å². The molecule has 9 aromatic rings. The number of rotatable bonds is 4. The van der Waals surface area contributed by atoms with Crippen LogP contribution in [0.25, 0.3) is 89.0 Å². The van der Waals surface area contributed by atoms with Crippen molar-refractivity contribution in [2.45, 2.75) is 25.7 Å². The van der Waals surface area contributed by atoms with Gasteiger partial charge in [-0.05, 0) is 115 Å². The molecule has 11 rings (SSSR count). The zero-order chi connectivity index (χ0) is 35.3. The van der Waals surface area contributed by atoms with Gasteiger partial charge in [-0.25, -0.2) is 9.97 Å². The van der Waals surface area contributed by atoms with Gasteiger partial charge in [0.15, 0.2) is 5.58 Å². The first-order valence-electron chi connectivity index (χ1n) is 18.3. The highest BCUT2D eigenvalue weighted by atomic mass is 16.3. The maximum Gasteiger partial charge on any atom is 0.180 e. The molecule has 7 aromatic carbocycles. The molecule has 0 fully saturated rings. The molecular weight excluding hydrogens is 645 g/mol. The highest BCUT2D eigenvalue weighted by Gasteiger charge is 2.35. The van der Waals surface area contributed by atoms with Gasteiger partial charge in [0, 0.05) is 16.4 Å². The van der Waals surface area contributed by atoms with Crippen molar-refractivity contribution in [1.29, 1.82) is 0 Å². The highest BCUT2D eigenvalue weighted by molar-refractivity contribution is 6.07. The van der Waals surface area contributed by atoms with E-state index in [1.807, 2.05) is 0 Å². The van der Waals surface area contributed by atoms with Gasteiger partial charge in [0.1, 0.15) is 23.1 Å². The lowest BCUT2D eigenvalue weighted by Gasteiger charge is -2.22. The van der Waals surface area contributed by atoms with Gasteiger partial charge >= 0.3 is 0 Å². The van der Waals surface area contributed by atoms with Crippen molar-refractivity contribution >= 4 is 22.1 Å². The summed E-state index contributed by atoms with van der Waals surface area (Å²) in [6, 6.07) is 55.2. The van der Waals surface area contributed by atoms with Crippen LogP contribution in [-0.4, -0.2) is 9.97 Å². The minimum Gasteiger partial charge on any atom is -0.452 e. The maximum atomic E-state index is 6.53. The van der Waals surface area contributed by atoms with Gasteiger partial charge in [0.05, 0.1) is 0 Å². The zero-order valence-corrected chi connectivity index (χ0v) is 29.5. The molecule has 0 radical (unpaired) electrons. The fourth-order valence-corrected chi connectivity index (χ4v) is 8.89. The number of benzene rings is 7. The predicted octanol–water partition coefficient (Wildman–Crippen LogP) is 12.9. The quantitative estimate of drug-likeness (QED) is 0.186. The van der Waals surface area contributed by atoms with Gasteiger partial charge in [-0.15, -0.1) is 0 Å². The largest absolute Gasteiger partial charge is 0.452 e. The lowest BCUT2D eigenvalue weighted by Crippen LogP contribution is -2.14. The summed E-state index contributed by atoms with van der Waals surface area (Å²) in [4.78, 5) is 9.52. The van der Waals surface area contributed by atoms with Crippen LogP contribution in [0.2, 0.25) is 0 Å². The SMILES string of the molecule is CC1(C)c2ccccc2-c2ccc(-c3cccc(-c4ccc5oc6c(-c7cccc(-c8ccc9c(c8)Cc8ccccc8-9)c7)ncnc6c5c4)c3)cc21. The average Bonchev–Trinajstić information content (AvgIpc) is 3.85. The second-order valence-electron chi connectivity index (χ2n) is 15.0. The zero-order valence-electron chi connectivity index (χ0n) is 29.5. The van der Waals surface area contributed by atoms with Gasteiger partial charge in [0.25, 0.3) is 0 Å². The molecule has 0 amide bonds. The van der Waals surface area contributed by atoms with E-state index in [-0.39, 0.29) is 5.41 Å². The van der Waals surface area contributed by atoms with Crippen molar-refractivity contribution < 1.29 is 4.42 Å². The molecule has 0 saturated heterocycles. The van der Waals surface area contributed by atoms with Crippen LogP contribution in [-0.2, 0) is 11.8 Å². The van der Waals surface area contributed by atoms with Gasteiger partial charge in [-0.2, -0.15) is 0 Å². The maximum absolute atomic E-state index is 6.53. The topological polar surface area (TPSA) is 38.9 Å². The Morgan fingerprint density at radius 1 is 0.472 bits per heavy atom. The first-order valence-corrected chi connectivity index (χ1v) is 18.3. The Hall–Kier alpha value is -6.58. The minimum atomic E-state index is -0.0379. The van der Waals surface area contributed by atoms with E-state index in [4.69, 9.17) is 14.4 Å². The molecule has 250 valence electrons. The molecule has 0 bridgehead atoms. The lowest BCUT2D eigenvalue weighted by atomic mass is 9.81. The summed E-state index contributed by atoms with van der Waals surface area (Å²) in [6.45, 7) is 4.67. The second-order valence-corrected chi connectivity index (χ2v) is 15.0. The van der Waals surface area contributed by atoms with Gasteiger partial charge in [-0.1, -0.05) is 135 Å². The van der Waals surface area contributed by atoms with Crippen LogP contribution < -0.4 is 0 Å². The Bertz CT molecular complexity index is 2970. The van der Waals surface area contributed by atoms with Gasteiger partial charge < -0.3 is 4.42 Å². The highest BCUT2D eigenvalue weighted by Crippen LogP contribution is 2.49. The summed E-state index contributed by atoms with van der Waals surface area (Å²) >= 11 is 0. The monoisotopic (exact) mass is 678 g/mol. The number of fused-ring (bicyclic) bond motifs is 9. The van der Waals surface area contributed by atoms with Crippen LogP contribution >= 0.6 is 0 Å². The summed E-state index contributed by atoms with van der Waals surface area (Å²) in [7, 11) is 0. The molecule has 2 aromatic heterocycles. The van der Waals surface area contributed by atoms with E-state index >= 15 is 0 Å². The van der Waals surface area contributed by atoms with Crippen molar-refractivity contribution in [3.8, 4) is 66.9 Å². The minimum absolute atomic E-state index is 0.0379. The van der Waals surface area contributed by atoms with E-state index < -0.39 is 0 Å². The third-order valence-corrected chi connectivity index (χ3v) is 11.6. The molecule has 2 aliphatic rings. The van der Waals surface area contributed by atoms with Crippen LogP contribution in [0.3, 0.4) is 0 Å². The van der Waals surface area contributed by atoms with Crippen LogP contribution in [0.5, 0.6) is 0 Å². The smallest absolute Gasteiger partial charge is 0.180 e. The molecular formula is C50H34N2O. The first-order chi connectivity index (χ1) is 26.0. The summed E-state index contributed by atoms with van der Waals surface area (Å²) in [5.41, 5.74) is 22.1. The van der Waals surface area contributed by atoms with E-state index in [0.29, 0.717) is 5.58 Å². The van der Waals surface area contributed by atoms with Gasteiger partial charge in [-0.3, -0.25) is 0 Å². The van der Waals surface area contributed by atoms with E-state index in [2.05, 4.69) is 166 Å². The molecule has 3 heteroatoms. The third kappa shape index (κ3) is 4.60. The number of hydrogen-bond acceptors (Lipinski definition) is 3. The Morgan fingerprint density at radius 3 is 1.91 bits per heavy atom. The third-order valence-electron chi connectivity index (χ3n) is 11.6. The summed E-state index contributed by atoms with van der Waals surface area (Å²) in [5, 5.41) is 0.984. The van der Waals surface area contributed by atoms with Crippen LogP contribution in [0.1, 0.15) is 36.1 Å². The summed E-state index contributed by atoms with van der Waals surface area (Å²) in [5.74, 6) is 0. The molecule has 0 N–H and O–H groups in total. The van der Waals surface area contributed by atoms with Crippen molar-refractivity contribution in [2.24, 2.45) is 0 Å². The number of aromatic nitrogens is 2. The molecule has 2 heterocycles. The molecule has 0 saturated carbocycles. The van der Waals surface area contributed by atoms with E-state index in [0.717, 1.165) is 50.9 Å². The summed E-state index contributed by atoms with van der Waals surface area (Å²) in [6.07, 6.45) is 2.63. The van der Waals surface area contributed by atoms with E-state index in [1.165, 1.54) is 61.2 Å². The standard InChI is InChI=1S/C50H34N2O/c1-50(2)44-16-6-5-15-41(44)42-21-18-35(28-45(42)50)31-11-7-10-30(23-31)34-19-22-46-43(27-34)48-49(53-46)47(51-29-52-48)37-13-8-12-32(24-37)33-17-20-40-38(25-33)26-36-9-3-4-14-39(36)40/h3-25,27-29H,26H2,1-2H3. The molecule has 3 nitrogen and oxygen atoms in total. The van der Waals surface area contributed by atoms with Crippen molar-refractivity contribution in [3.63, 3.8) is 0 Å². The van der Waals surface area contributed by atoms with Crippen molar-refractivity contribution in [1.82, 2.24) is 9.97 Å². The van der Waals surface area contributed by atoms with E-state index in [9.17, 15) is 0 Å². The Kier molecular flexibility index (Phi) is 6.36. The Balaban J connectivity index is 0.941. The molecule has 0 atom stereocenters. The Labute approximate surface area is 308 Å². The summed E-state index contributed by atoms with van der Waals surface area (Å²) < 4.78 is 6.53. The molecule has 0 unspecified atom stereocenters. The average molecular weight is 679 g/mol. The molecule has 0 aliphatic heterocycles. The first kappa shape index (κ1) is 30.1. The lowest BCUT2D eigenvalue weighted by molar-refractivity contribution is 0.660. The predicted molar refractivity (Wildman–Crippen MR) is 217 cm³/mol. The fraction of sp³-hybridized carbons (Fsp3) is 0.0800. The van der Waals surface area contributed by atoms with Crippen LogP contribution in [0, 0.1) is 0 Å². The molecule has 53 heavy (non-hydrogen) atoms. The second kappa shape index (κ2) is 11.2. The normalized spacial score (nSPS) is 13.5. The van der Waals surface area contributed by atoms with Crippen molar-refractivity contribution in [2.75, 3.05) is 0 Å². The number of hydrogen-bond donors (Lipinski definition) is 0. The van der Waals surface area contributed by atoms with Gasteiger partial charge in [0.2, 0.25) is 0 Å². The van der Waals surface area contributed by atoms with Crippen LogP contribution in [0.15, 0.2) is 162 Å². The molecule has 0 spiro atoms. The molecule has 2 aliphatic carbocycles. The van der Waals surface area contributed by atoms with Crippen LogP contribution in [0.4, 0.5) is 0 Å².